The summed E-state index contributed by atoms with van der Waals surface area (Å²) in [5, 5.41) is 11.7. The van der Waals surface area contributed by atoms with Crippen molar-refractivity contribution in [3.8, 4) is 0 Å². The van der Waals surface area contributed by atoms with Crippen LogP contribution in [0.25, 0.3) is 0 Å². The summed E-state index contributed by atoms with van der Waals surface area (Å²) in [6, 6.07) is 0. The molecule has 0 fully saturated rings. The van der Waals surface area contributed by atoms with Crippen LogP contribution >= 0.6 is 0 Å². The molecule has 4 heteroatoms. The maximum absolute atomic E-state index is 11.5. The van der Waals surface area contributed by atoms with E-state index in [4.69, 9.17) is 9.84 Å². The molecular weight excluding hydrogens is 194 g/mol. The molecule has 0 heterocycles. The third-order valence-corrected chi connectivity index (χ3v) is 2.11. The number of nitrogens with one attached hydrogen (secondary N) is 1. The first-order valence-electron chi connectivity index (χ1n) is 5.18. The molecule has 0 atom stereocenters. The van der Waals surface area contributed by atoms with Crippen LogP contribution in [0.2, 0.25) is 0 Å². The van der Waals surface area contributed by atoms with Crippen LogP contribution in [0, 0.1) is 5.92 Å². The number of hydrogen-bond donors (Lipinski definition) is 2. The molecule has 88 valence electrons. The van der Waals surface area contributed by atoms with Crippen molar-refractivity contribution in [1.82, 2.24) is 5.32 Å². The van der Waals surface area contributed by atoms with Gasteiger partial charge in [0.05, 0.1) is 12.7 Å². The molecule has 0 spiro atoms. The molecule has 0 radical (unpaired) electrons. The van der Waals surface area contributed by atoms with Crippen molar-refractivity contribution in [2.75, 3.05) is 20.3 Å². The molecule has 0 rings (SSSR count). The van der Waals surface area contributed by atoms with Gasteiger partial charge in [-0.2, -0.15) is 0 Å². The highest BCUT2D eigenvalue weighted by molar-refractivity contribution is 5.89. The fraction of sp³-hybridized carbons (Fsp3) is 0.727. The summed E-state index contributed by atoms with van der Waals surface area (Å²) in [6.07, 6.45) is 0.671. The second kappa shape index (κ2) is 7.29. The lowest BCUT2D eigenvalue weighted by Crippen LogP contribution is -2.21. The van der Waals surface area contributed by atoms with E-state index in [0.29, 0.717) is 18.5 Å². The number of ether oxygens (including phenoxy) is 1. The smallest absolute Gasteiger partial charge is 0.335 e. The van der Waals surface area contributed by atoms with Crippen molar-refractivity contribution in [3.63, 3.8) is 0 Å². The van der Waals surface area contributed by atoms with Gasteiger partial charge in [-0.15, -0.1) is 0 Å². The zero-order chi connectivity index (χ0) is 11.8. The first-order chi connectivity index (χ1) is 7.04. The van der Waals surface area contributed by atoms with Crippen molar-refractivity contribution in [3.05, 3.63) is 11.3 Å². The number of aliphatic hydroxyl groups excluding tert-OH is 1. The SMILES string of the molecule is COC(=O)/C(=C(/C)NCCCO)C(C)C. The fourth-order valence-electron chi connectivity index (χ4n) is 1.38. The van der Waals surface area contributed by atoms with Gasteiger partial charge >= 0.3 is 5.97 Å². The van der Waals surface area contributed by atoms with E-state index in [-0.39, 0.29) is 18.5 Å². The maximum Gasteiger partial charge on any atom is 0.335 e. The summed E-state index contributed by atoms with van der Waals surface area (Å²) < 4.78 is 4.71. The highest BCUT2D eigenvalue weighted by atomic mass is 16.5. The molecular formula is C11H21NO3. The molecule has 0 aromatic heterocycles. The number of carbonyl (C=O) groups excluding carboxylic acids is 1. The molecule has 0 aromatic carbocycles. The number of allylic oxidation sites excluding steroid dienone is 1. The number of esters is 1. The molecule has 2 N–H and O–H groups in total. The molecule has 15 heavy (non-hydrogen) atoms. The lowest BCUT2D eigenvalue weighted by atomic mass is 10.0. The second-order valence-corrected chi connectivity index (χ2v) is 3.69. The van der Waals surface area contributed by atoms with E-state index in [0.717, 1.165) is 5.70 Å². The van der Waals surface area contributed by atoms with Crippen LogP contribution in [0.15, 0.2) is 11.3 Å². The van der Waals surface area contributed by atoms with Crippen LogP contribution in [-0.4, -0.2) is 31.3 Å². The predicted molar refractivity (Wildman–Crippen MR) is 59.3 cm³/mol. The minimum absolute atomic E-state index is 0.124. The lowest BCUT2D eigenvalue weighted by Gasteiger charge is -2.14. The van der Waals surface area contributed by atoms with Gasteiger partial charge in [-0.25, -0.2) is 4.79 Å². The number of rotatable bonds is 6. The lowest BCUT2D eigenvalue weighted by molar-refractivity contribution is -0.136. The third-order valence-electron chi connectivity index (χ3n) is 2.11. The van der Waals surface area contributed by atoms with Gasteiger partial charge in [-0.3, -0.25) is 0 Å². The quantitative estimate of drug-likeness (QED) is 0.395. The fourth-order valence-corrected chi connectivity index (χ4v) is 1.38. The average molecular weight is 215 g/mol. The molecule has 0 aliphatic carbocycles. The molecule has 4 nitrogen and oxygen atoms in total. The molecule has 0 unspecified atom stereocenters. The van der Waals surface area contributed by atoms with E-state index in [9.17, 15) is 4.79 Å². The number of methoxy groups -OCH3 is 1. The van der Waals surface area contributed by atoms with Crippen LogP contribution in [0.1, 0.15) is 27.2 Å². The van der Waals surface area contributed by atoms with Gasteiger partial charge in [0, 0.05) is 18.8 Å². The van der Waals surface area contributed by atoms with Crippen molar-refractivity contribution in [2.45, 2.75) is 27.2 Å². The predicted octanol–water partition coefficient (Wildman–Crippen LogP) is 1.06. The van der Waals surface area contributed by atoms with Gasteiger partial charge in [-0.05, 0) is 19.3 Å². The number of aliphatic hydroxyl groups is 1. The van der Waals surface area contributed by atoms with Gasteiger partial charge < -0.3 is 15.2 Å². The van der Waals surface area contributed by atoms with E-state index < -0.39 is 0 Å². The Morgan fingerprint density at radius 1 is 1.47 bits per heavy atom. The summed E-state index contributed by atoms with van der Waals surface area (Å²) >= 11 is 0. The first-order valence-corrected chi connectivity index (χ1v) is 5.18. The van der Waals surface area contributed by atoms with E-state index in [1.807, 2.05) is 20.8 Å². The highest BCUT2D eigenvalue weighted by Crippen LogP contribution is 2.14. The summed E-state index contributed by atoms with van der Waals surface area (Å²) in [5.74, 6) is -0.168. The van der Waals surface area contributed by atoms with Crippen LogP contribution < -0.4 is 5.32 Å². The Morgan fingerprint density at radius 3 is 2.47 bits per heavy atom. The average Bonchev–Trinajstić information content (AvgIpc) is 2.17. The van der Waals surface area contributed by atoms with Gasteiger partial charge in [0.1, 0.15) is 0 Å². The van der Waals surface area contributed by atoms with E-state index in [2.05, 4.69) is 5.32 Å². The Balaban J connectivity index is 4.54. The first kappa shape index (κ1) is 14.0. The highest BCUT2D eigenvalue weighted by Gasteiger charge is 2.16. The van der Waals surface area contributed by atoms with Crippen LogP contribution in [0.5, 0.6) is 0 Å². The molecule has 0 bridgehead atoms. The number of carbonyl (C=O) groups is 1. The standard InChI is InChI=1S/C11H21NO3/c1-8(2)10(11(14)15-4)9(3)12-6-5-7-13/h8,12-13H,5-7H2,1-4H3/b10-9-. The second-order valence-electron chi connectivity index (χ2n) is 3.69. The van der Waals surface area contributed by atoms with E-state index in [1.165, 1.54) is 7.11 Å². The van der Waals surface area contributed by atoms with Gasteiger partial charge in [0.15, 0.2) is 0 Å². The van der Waals surface area contributed by atoms with Crippen LogP contribution in [0.4, 0.5) is 0 Å². The Bertz CT molecular complexity index is 234. The van der Waals surface area contributed by atoms with Gasteiger partial charge in [-0.1, -0.05) is 13.8 Å². The van der Waals surface area contributed by atoms with E-state index >= 15 is 0 Å². The topological polar surface area (TPSA) is 58.6 Å². The normalized spacial score (nSPS) is 12.4. The Labute approximate surface area is 91.3 Å². The summed E-state index contributed by atoms with van der Waals surface area (Å²) in [4.78, 5) is 11.5. The van der Waals surface area contributed by atoms with Crippen molar-refractivity contribution >= 4 is 5.97 Å². The van der Waals surface area contributed by atoms with E-state index in [1.54, 1.807) is 0 Å². The molecule has 0 aliphatic heterocycles. The molecule has 0 saturated carbocycles. The summed E-state index contributed by atoms with van der Waals surface area (Å²) in [7, 11) is 1.38. The number of hydrogen-bond acceptors (Lipinski definition) is 4. The van der Waals surface area contributed by atoms with Crippen molar-refractivity contribution < 1.29 is 14.6 Å². The maximum atomic E-state index is 11.5. The Kier molecular flexibility index (Phi) is 6.79. The minimum Gasteiger partial charge on any atom is -0.466 e. The largest absolute Gasteiger partial charge is 0.466 e. The zero-order valence-corrected chi connectivity index (χ0v) is 9.96. The molecule has 0 amide bonds. The monoisotopic (exact) mass is 215 g/mol. The van der Waals surface area contributed by atoms with Crippen LogP contribution in [0.3, 0.4) is 0 Å². The van der Waals surface area contributed by atoms with Gasteiger partial charge in [0.2, 0.25) is 0 Å². The molecule has 0 aromatic rings. The Hall–Kier alpha value is -1.03. The minimum atomic E-state index is -0.293. The zero-order valence-electron chi connectivity index (χ0n) is 9.96. The summed E-state index contributed by atoms with van der Waals surface area (Å²) in [5.41, 5.74) is 1.49. The molecule has 0 saturated heterocycles. The van der Waals surface area contributed by atoms with Crippen molar-refractivity contribution in [1.29, 1.82) is 0 Å². The van der Waals surface area contributed by atoms with Gasteiger partial charge in [0.25, 0.3) is 0 Å². The third kappa shape index (κ3) is 4.83. The van der Waals surface area contributed by atoms with Crippen LogP contribution in [-0.2, 0) is 9.53 Å². The Morgan fingerprint density at radius 2 is 2.07 bits per heavy atom. The van der Waals surface area contributed by atoms with Crippen molar-refractivity contribution in [2.24, 2.45) is 5.92 Å². The summed E-state index contributed by atoms with van der Waals surface area (Å²) in [6.45, 7) is 6.56. The molecule has 0 aliphatic rings.